The Labute approximate surface area is 183 Å². The van der Waals surface area contributed by atoms with Gasteiger partial charge in [-0.05, 0) is 47.5 Å². The van der Waals surface area contributed by atoms with E-state index in [1.165, 1.54) is 64.2 Å². The van der Waals surface area contributed by atoms with Crippen LogP contribution in [0.4, 0.5) is 0 Å². The third kappa shape index (κ3) is 9.78. The third-order valence-electron chi connectivity index (χ3n) is 5.32. The van der Waals surface area contributed by atoms with E-state index in [1.807, 2.05) is 0 Å². The summed E-state index contributed by atoms with van der Waals surface area (Å²) < 4.78 is 5.43. The van der Waals surface area contributed by atoms with E-state index in [4.69, 9.17) is 9.57 Å². The van der Waals surface area contributed by atoms with Crippen LogP contribution in [0, 0.1) is 11.8 Å². The van der Waals surface area contributed by atoms with Crippen LogP contribution in [0.2, 0.25) is 0 Å². The number of oxime groups is 1. The maximum absolute atomic E-state index is 12.0. The van der Waals surface area contributed by atoms with Crippen LogP contribution in [0.5, 0.6) is 0 Å². The van der Waals surface area contributed by atoms with Gasteiger partial charge in [0, 0.05) is 0 Å². The van der Waals surface area contributed by atoms with Gasteiger partial charge in [-0.15, -0.1) is 0 Å². The average molecular weight is 426 g/mol. The Bertz CT molecular complexity index is 407. The first kappa shape index (κ1) is 23.5. The molecule has 0 aromatic rings. The van der Waals surface area contributed by atoms with Crippen molar-refractivity contribution in [1.29, 1.82) is 0 Å². The standard InChI is InChI=1S/C19H32BrNO3.Na.H/c1-15(21-23-13-12-16-8-4-2-5-9-16)19(22)24-18(20)14-17-10-6-3-7-11-17;;/h16-18H,2-14H2,1H3;;. The minimum atomic E-state index is -0.384. The summed E-state index contributed by atoms with van der Waals surface area (Å²) in [5, 5.41) is 3.71. The fourth-order valence-corrected chi connectivity index (χ4v) is 4.51. The van der Waals surface area contributed by atoms with Crippen LogP contribution >= 0.6 is 15.9 Å². The molecular formula is C19H33BrNNaO3. The van der Waals surface area contributed by atoms with E-state index in [-0.39, 0.29) is 40.5 Å². The van der Waals surface area contributed by atoms with Crippen molar-refractivity contribution in [3.05, 3.63) is 0 Å². The number of nitrogens with zero attached hydrogens (tertiary/aromatic N) is 1. The van der Waals surface area contributed by atoms with Crippen molar-refractivity contribution in [2.24, 2.45) is 17.0 Å². The van der Waals surface area contributed by atoms with E-state index in [1.54, 1.807) is 6.92 Å². The number of rotatable bonds is 8. The van der Waals surface area contributed by atoms with E-state index >= 15 is 0 Å². The molecule has 2 aliphatic carbocycles. The Kier molecular flexibility index (Phi) is 12.7. The first-order valence-electron chi connectivity index (χ1n) is 9.66. The Morgan fingerprint density at radius 3 is 2.20 bits per heavy atom. The van der Waals surface area contributed by atoms with Crippen LogP contribution < -0.4 is 0 Å². The van der Waals surface area contributed by atoms with Crippen LogP contribution in [0.1, 0.15) is 84.0 Å². The molecule has 2 rings (SSSR count). The van der Waals surface area contributed by atoms with E-state index in [9.17, 15) is 4.79 Å². The second kappa shape index (κ2) is 13.6. The number of carbonyl (C=O) groups is 1. The molecule has 0 aliphatic heterocycles. The molecule has 0 radical (unpaired) electrons. The van der Waals surface area contributed by atoms with Crippen molar-refractivity contribution in [3.8, 4) is 0 Å². The molecule has 0 saturated heterocycles. The summed E-state index contributed by atoms with van der Waals surface area (Å²) in [7, 11) is 0. The Morgan fingerprint density at radius 1 is 1.04 bits per heavy atom. The normalized spacial score (nSPS) is 21.3. The van der Waals surface area contributed by atoms with Gasteiger partial charge in [-0.2, -0.15) is 0 Å². The number of carbonyl (C=O) groups excluding carboxylic acids is 1. The number of ether oxygens (including phenoxy) is 1. The van der Waals surface area contributed by atoms with Gasteiger partial charge in [0.05, 0.1) is 0 Å². The Balaban J connectivity index is 0.00000312. The van der Waals surface area contributed by atoms with Crippen molar-refractivity contribution in [2.75, 3.05) is 6.61 Å². The summed E-state index contributed by atoms with van der Waals surface area (Å²) in [5.41, 5.74) is 0.298. The van der Waals surface area contributed by atoms with Crippen LogP contribution in [0.3, 0.4) is 0 Å². The predicted octanol–water partition coefficient (Wildman–Crippen LogP) is 4.94. The van der Waals surface area contributed by atoms with Crippen molar-refractivity contribution in [3.63, 3.8) is 0 Å². The summed E-state index contributed by atoms with van der Waals surface area (Å²) in [4.78, 5) is 17.4. The molecule has 0 N–H and O–H groups in total. The van der Waals surface area contributed by atoms with Gasteiger partial charge >= 0.3 is 35.5 Å². The summed E-state index contributed by atoms with van der Waals surface area (Å²) in [6, 6.07) is 0. The summed E-state index contributed by atoms with van der Waals surface area (Å²) in [6.07, 6.45) is 15.0. The molecule has 0 aromatic heterocycles. The molecule has 6 heteroatoms. The first-order chi connectivity index (χ1) is 11.6. The molecule has 0 bridgehead atoms. The molecule has 0 aromatic carbocycles. The van der Waals surface area contributed by atoms with Crippen LogP contribution in [0.25, 0.3) is 0 Å². The van der Waals surface area contributed by atoms with Gasteiger partial charge in [-0.25, -0.2) is 4.79 Å². The quantitative estimate of drug-likeness (QED) is 0.138. The van der Waals surface area contributed by atoms with Gasteiger partial charge < -0.3 is 9.57 Å². The van der Waals surface area contributed by atoms with E-state index in [0.29, 0.717) is 18.2 Å². The van der Waals surface area contributed by atoms with Gasteiger partial charge in [0.2, 0.25) is 0 Å². The fourth-order valence-electron chi connectivity index (χ4n) is 3.81. The molecule has 2 saturated carbocycles. The molecule has 2 fully saturated rings. The number of hydrogen-bond acceptors (Lipinski definition) is 4. The number of hydrogen-bond donors (Lipinski definition) is 0. The average Bonchev–Trinajstić information content (AvgIpc) is 2.60. The maximum atomic E-state index is 12.0. The van der Waals surface area contributed by atoms with Gasteiger partial charge in [0.1, 0.15) is 6.61 Å². The van der Waals surface area contributed by atoms with Crippen molar-refractivity contribution in [2.45, 2.75) is 89.0 Å². The second-order valence-electron chi connectivity index (χ2n) is 7.36. The number of alkyl halides is 1. The summed E-state index contributed by atoms with van der Waals surface area (Å²) in [5.74, 6) is 1.05. The van der Waals surface area contributed by atoms with E-state index in [2.05, 4.69) is 21.1 Å². The molecule has 140 valence electrons. The van der Waals surface area contributed by atoms with E-state index in [0.717, 1.165) is 18.8 Å². The summed E-state index contributed by atoms with van der Waals surface area (Å²) in [6.45, 7) is 2.25. The molecule has 0 heterocycles. The molecule has 1 unspecified atom stereocenters. The fraction of sp³-hybridized carbons (Fsp3) is 0.895. The van der Waals surface area contributed by atoms with Crippen molar-refractivity contribution < 1.29 is 14.4 Å². The van der Waals surface area contributed by atoms with Crippen LogP contribution in [0.15, 0.2) is 5.16 Å². The van der Waals surface area contributed by atoms with Gasteiger partial charge in [0.15, 0.2) is 10.7 Å². The van der Waals surface area contributed by atoms with E-state index < -0.39 is 0 Å². The molecule has 0 amide bonds. The number of esters is 1. The minimum absolute atomic E-state index is 0. The predicted molar refractivity (Wildman–Crippen MR) is 107 cm³/mol. The third-order valence-corrected chi connectivity index (χ3v) is 5.88. The first-order valence-corrected chi connectivity index (χ1v) is 10.6. The van der Waals surface area contributed by atoms with Gasteiger partial charge in [-0.3, -0.25) is 0 Å². The van der Waals surface area contributed by atoms with Gasteiger partial charge in [-0.1, -0.05) is 69.4 Å². The molecular weight excluding hydrogens is 393 g/mol. The molecule has 25 heavy (non-hydrogen) atoms. The topological polar surface area (TPSA) is 47.9 Å². The van der Waals surface area contributed by atoms with Crippen LogP contribution in [-0.2, 0) is 14.4 Å². The van der Waals surface area contributed by atoms with Crippen molar-refractivity contribution in [1.82, 2.24) is 0 Å². The zero-order valence-corrected chi connectivity index (χ0v) is 16.6. The SMILES string of the molecule is CC(=NOCCC1CCCCC1)C(=O)OC(Br)CC1CCCCC1.[NaH]. The molecule has 0 spiro atoms. The Hall–Kier alpha value is 0.420. The summed E-state index contributed by atoms with van der Waals surface area (Å²) >= 11 is 3.48. The van der Waals surface area contributed by atoms with Gasteiger partial charge in [0.25, 0.3) is 0 Å². The zero-order chi connectivity index (χ0) is 17.2. The second-order valence-corrected chi connectivity index (χ2v) is 8.38. The Morgan fingerprint density at radius 2 is 1.60 bits per heavy atom. The van der Waals surface area contributed by atoms with Crippen LogP contribution in [-0.4, -0.2) is 52.9 Å². The van der Waals surface area contributed by atoms with Crippen molar-refractivity contribution >= 4 is 57.2 Å². The zero-order valence-electron chi connectivity index (χ0n) is 15.0. The molecule has 4 nitrogen and oxygen atoms in total. The molecule has 2 aliphatic rings. The monoisotopic (exact) mass is 425 g/mol. The molecule has 1 atom stereocenters. The number of halogens is 1.